The molecule has 1 atom stereocenters. The molecule has 6 heteroatoms. The number of nitrogens with two attached hydrogens (primary N) is 1. The molecule has 1 rings (SSSR count). The minimum atomic E-state index is -1.28. The van der Waals surface area contributed by atoms with Crippen LogP contribution in [0.4, 0.5) is 0 Å². The fourth-order valence-electron chi connectivity index (χ4n) is 1.09. The number of ether oxygens (including phenoxy) is 1. The van der Waals surface area contributed by atoms with Crippen LogP contribution in [0.2, 0.25) is 0 Å². The summed E-state index contributed by atoms with van der Waals surface area (Å²) in [5.74, 6) is -1.49. The molecule has 0 aliphatic heterocycles. The smallest absolute Gasteiger partial charge is 0.341 e. The van der Waals surface area contributed by atoms with E-state index in [1.165, 1.54) is 20.1 Å². The number of carboxylic acids is 1. The van der Waals surface area contributed by atoms with E-state index >= 15 is 0 Å². The van der Waals surface area contributed by atoms with Gasteiger partial charge in [0, 0.05) is 0 Å². The number of aryl methyl sites for hydroxylation is 1. The Morgan fingerprint density at radius 3 is 2.67 bits per heavy atom. The molecule has 0 aliphatic carbocycles. The van der Waals surface area contributed by atoms with Crippen molar-refractivity contribution < 1.29 is 23.8 Å². The van der Waals surface area contributed by atoms with Gasteiger partial charge in [0.2, 0.25) is 0 Å². The molecule has 1 aromatic heterocycles. The molecule has 0 aromatic carbocycles. The molecule has 0 fully saturated rings. The quantitative estimate of drug-likeness (QED) is 0.707. The highest BCUT2D eigenvalue weighted by atomic mass is 16.5. The highest BCUT2D eigenvalue weighted by Crippen LogP contribution is 2.20. The lowest BCUT2D eigenvalue weighted by molar-refractivity contribution is -0.139. The highest BCUT2D eigenvalue weighted by molar-refractivity contribution is 5.90. The summed E-state index contributed by atoms with van der Waals surface area (Å²) in [6.45, 7) is 1.53. The van der Waals surface area contributed by atoms with Crippen LogP contribution in [-0.4, -0.2) is 24.2 Å². The van der Waals surface area contributed by atoms with E-state index in [1.807, 2.05) is 0 Å². The van der Waals surface area contributed by atoms with Gasteiger partial charge >= 0.3 is 11.9 Å². The first-order valence-corrected chi connectivity index (χ1v) is 4.14. The van der Waals surface area contributed by atoms with Crippen molar-refractivity contribution in [2.45, 2.75) is 13.0 Å². The predicted octanol–water partition coefficient (Wildman–Crippen LogP) is 0.459. The maximum absolute atomic E-state index is 11.2. The Bertz CT molecular complexity index is 395. The number of carbonyl (C=O) groups is 2. The van der Waals surface area contributed by atoms with Crippen LogP contribution in [0.1, 0.15) is 27.9 Å². The van der Waals surface area contributed by atoms with E-state index in [9.17, 15) is 9.59 Å². The summed E-state index contributed by atoms with van der Waals surface area (Å²) in [5.41, 5.74) is 5.50. The zero-order valence-electron chi connectivity index (χ0n) is 8.31. The molecule has 1 unspecified atom stereocenters. The minimum Gasteiger partial charge on any atom is -0.480 e. The Kier molecular flexibility index (Phi) is 3.11. The van der Waals surface area contributed by atoms with Crippen LogP contribution in [0.15, 0.2) is 10.5 Å². The average molecular weight is 213 g/mol. The Morgan fingerprint density at radius 2 is 2.20 bits per heavy atom. The van der Waals surface area contributed by atoms with Gasteiger partial charge in [-0.05, 0) is 13.0 Å². The SMILES string of the molecule is COC(=O)c1cc(C(N)C(=O)O)oc1C. The summed E-state index contributed by atoms with van der Waals surface area (Å²) in [6.07, 6.45) is 0. The molecule has 0 saturated heterocycles. The van der Waals surface area contributed by atoms with Gasteiger partial charge in [-0.2, -0.15) is 0 Å². The number of hydrogen-bond donors (Lipinski definition) is 2. The second-order valence-electron chi connectivity index (χ2n) is 2.93. The lowest BCUT2D eigenvalue weighted by atomic mass is 10.2. The van der Waals surface area contributed by atoms with E-state index in [2.05, 4.69) is 4.74 Å². The highest BCUT2D eigenvalue weighted by Gasteiger charge is 2.23. The van der Waals surface area contributed by atoms with Gasteiger partial charge in [0.05, 0.1) is 7.11 Å². The number of hydrogen-bond acceptors (Lipinski definition) is 5. The zero-order chi connectivity index (χ0) is 11.6. The lowest BCUT2D eigenvalue weighted by Gasteiger charge is -1.99. The molecule has 1 heterocycles. The molecule has 3 N–H and O–H groups in total. The second kappa shape index (κ2) is 4.14. The third-order valence-corrected chi connectivity index (χ3v) is 1.91. The number of methoxy groups -OCH3 is 1. The van der Waals surface area contributed by atoms with Gasteiger partial charge in [-0.15, -0.1) is 0 Å². The standard InChI is InChI=1S/C9H11NO5/c1-4-5(9(13)14-2)3-6(15-4)7(10)8(11)12/h3,7H,10H2,1-2H3,(H,11,12). The fourth-order valence-corrected chi connectivity index (χ4v) is 1.09. The van der Waals surface area contributed by atoms with Gasteiger partial charge < -0.3 is 20.0 Å². The summed E-state index contributed by atoms with van der Waals surface area (Å²) in [4.78, 5) is 21.7. The summed E-state index contributed by atoms with van der Waals surface area (Å²) in [6, 6.07) is 0.00190. The summed E-state index contributed by atoms with van der Waals surface area (Å²) >= 11 is 0. The summed E-state index contributed by atoms with van der Waals surface area (Å²) in [7, 11) is 1.23. The predicted molar refractivity (Wildman–Crippen MR) is 49.3 cm³/mol. The van der Waals surface area contributed by atoms with Crippen LogP contribution in [0.5, 0.6) is 0 Å². The van der Waals surface area contributed by atoms with E-state index in [4.69, 9.17) is 15.3 Å². The van der Waals surface area contributed by atoms with Gasteiger partial charge in [-0.1, -0.05) is 0 Å². The van der Waals surface area contributed by atoms with Crippen LogP contribution < -0.4 is 5.73 Å². The zero-order valence-corrected chi connectivity index (χ0v) is 8.31. The van der Waals surface area contributed by atoms with Crippen molar-refractivity contribution in [2.24, 2.45) is 5.73 Å². The maximum atomic E-state index is 11.2. The molecule has 1 aromatic rings. The topological polar surface area (TPSA) is 103 Å². The van der Waals surface area contributed by atoms with Crippen molar-refractivity contribution in [1.29, 1.82) is 0 Å². The first-order valence-electron chi connectivity index (χ1n) is 4.14. The fraction of sp³-hybridized carbons (Fsp3) is 0.333. The van der Waals surface area contributed by atoms with Crippen molar-refractivity contribution >= 4 is 11.9 Å². The van der Waals surface area contributed by atoms with Gasteiger partial charge in [0.15, 0.2) is 6.04 Å². The molecule has 82 valence electrons. The minimum absolute atomic E-state index is 0.0281. The van der Waals surface area contributed by atoms with Crippen LogP contribution in [0.25, 0.3) is 0 Å². The van der Waals surface area contributed by atoms with Crippen LogP contribution in [0, 0.1) is 6.92 Å². The van der Waals surface area contributed by atoms with E-state index in [-0.39, 0.29) is 17.1 Å². The number of rotatable bonds is 3. The number of furan rings is 1. The second-order valence-corrected chi connectivity index (χ2v) is 2.93. The molecule has 0 saturated carbocycles. The molecular formula is C9H11NO5. The molecule has 0 amide bonds. The van der Waals surface area contributed by atoms with E-state index in [0.717, 1.165) is 0 Å². The van der Waals surface area contributed by atoms with E-state index in [1.54, 1.807) is 0 Å². The van der Waals surface area contributed by atoms with Crippen LogP contribution in [-0.2, 0) is 9.53 Å². The number of carbonyl (C=O) groups excluding carboxylic acids is 1. The Hall–Kier alpha value is -1.82. The Morgan fingerprint density at radius 1 is 1.60 bits per heavy atom. The van der Waals surface area contributed by atoms with Crippen molar-refractivity contribution in [3.63, 3.8) is 0 Å². The van der Waals surface area contributed by atoms with Gasteiger partial charge in [-0.3, -0.25) is 4.79 Å². The largest absolute Gasteiger partial charge is 0.480 e. The van der Waals surface area contributed by atoms with Crippen molar-refractivity contribution in [3.05, 3.63) is 23.2 Å². The maximum Gasteiger partial charge on any atom is 0.341 e. The first-order chi connectivity index (χ1) is 6.97. The van der Waals surface area contributed by atoms with E-state index < -0.39 is 18.0 Å². The van der Waals surface area contributed by atoms with Gasteiger partial charge in [0.25, 0.3) is 0 Å². The lowest BCUT2D eigenvalue weighted by Crippen LogP contribution is -2.19. The van der Waals surface area contributed by atoms with Crippen molar-refractivity contribution in [2.75, 3.05) is 7.11 Å². The third kappa shape index (κ3) is 2.16. The monoisotopic (exact) mass is 213 g/mol. The normalized spacial score (nSPS) is 12.2. The Balaban J connectivity index is 3.05. The van der Waals surface area contributed by atoms with Crippen molar-refractivity contribution in [1.82, 2.24) is 0 Å². The van der Waals surface area contributed by atoms with Crippen molar-refractivity contribution in [3.8, 4) is 0 Å². The Labute approximate surface area is 85.6 Å². The number of aliphatic carboxylic acids is 1. The molecule has 0 spiro atoms. The third-order valence-electron chi connectivity index (χ3n) is 1.91. The molecular weight excluding hydrogens is 202 g/mol. The van der Waals surface area contributed by atoms with Gasteiger partial charge in [-0.25, -0.2) is 4.79 Å². The molecule has 0 aliphatic rings. The molecule has 15 heavy (non-hydrogen) atoms. The first kappa shape index (κ1) is 11.3. The average Bonchev–Trinajstić information content (AvgIpc) is 2.57. The molecule has 0 bridgehead atoms. The number of esters is 1. The van der Waals surface area contributed by atoms with Crippen LogP contribution in [0.3, 0.4) is 0 Å². The van der Waals surface area contributed by atoms with E-state index in [0.29, 0.717) is 0 Å². The number of carboxylic acid groups (broad SMARTS) is 1. The summed E-state index contributed by atoms with van der Waals surface area (Å²) < 4.78 is 9.54. The van der Waals surface area contributed by atoms with Crippen LogP contribution >= 0.6 is 0 Å². The molecule has 6 nitrogen and oxygen atoms in total. The summed E-state index contributed by atoms with van der Waals surface area (Å²) in [5, 5.41) is 8.63. The van der Waals surface area contributed by atoms with Gasteiger partial charge in [0.1, 0.15) is 17.1 Å². The molecule has 0 radical (unpaired) electrons.